The molecule has 0 unspecified atom stereocenters. The number of benzene rings is 2. The summed E-state index contributed by atoms with van der Waals surface area (Å²) in [6.45, 7) is 3.20. The minimum Gasteiger partial charge on any atom is -0.269 e. The van der Waals surface area contributed by atoms with E-state index in [0.717, 1.165) is 9.80 Å². The third-order valence-electron chi connectivity index (χ3n) is 4.63. The number of nitrogens with zero attached hydrogens (tertiary/aromatic N) is 2. The van der Waals surface area contributed by atoms with Gasteiger partial charge in [0.2, 0.25) is 0 Å². The lowest BCUT2D eigenvalue weighted by Crippen LogP contribution is -2.31. The summed E-state index contributed by atoms with van der Waals surface area (Å²) in [5.41, 5.74) is 1.68. The number of amides is 4. The molecule has 0 bridgehead atoms. The topological polar surface area (TPSA) is 74.8 Å². The Hall–Kier alpha value is -3.45. The minimum absolute atomic E-state index is 0.360. The fourth-order valence-corrected chi connectivity index (χ4v) is 4.26. The van der Waals surface area contributed by atoms with Gasteiger partial charge < -0.3 is 0 Å². The molecule has 2 aromatic carbocycles. The third-order valence-corrected chi connectivity index (χ3v) is 5.76. The maximum absolute atomic E-state index is 12.4. The SMILES string of the molecule is CC1=CC(=O)N(c2ccccc2Sc2ccccc2N2C(=O)C=C(C)C2=O)C1=O. The summed E-state index contributed by atoms with van der Waals surface area (Å²) in [5.74, 6) is -1.50. The zero-order valence-corrected chi connectivity index (χ0v) is 16.5. The molecule has 2 aliphatic heterocycles. The zero-order valence-electron chi connectivity index (χ0n) is 15.7. The van der Waals surface area contributed by atoms with Crippen molar-refractivity contribution in [1.82, 2.24) is 0 Å². The number of anilines is 2. The average molecular weight is 404 g/mol. The van der Waals surface area contributed by atoms with Crippen molar-refractivity contribution < 1.29 is 19.2 Å². The molecule has 2 aliphatic rings. The molecule has 0 aromatic heterocycles. The van der Waals surface area contributed by atoms with Gasteiger partial charge in [-0.1, -0.05) is 36.0 Å². The molecule has 2 heterocycles. The highest BCUT2D eigenvalue weighted by atomic mass is 32.2. The van der Waals surface area contributed by atoms with E-state index in [4.69, 9.17) is 0 Å². The quantitative estimate of drug-likeness (QED) is 0.730. The van der Waals surface area contributed by atoms with Crippen LogP contribution in [0.25, 0.3) is 0 Å². The van der Waals surface area contributed by atoms with E-state index in [9.17, 15) is 19.2 Å². The molecule has 6 nitrogen and oxygen atoms in total. The second-order valence-electron chi connectivity index (χ2n) is 6.65. The van der Waals surface area contributed by atoms with Crippen LogP contribution in [0.1, 0.15) is 13.8 Å². The normalized spacial score (nSPS) is 16.6. The largest absolute Gasteiger partial charge is 0.269 e. The summed E-state index contributed by atoms with van der Waals surface area (Å²) in [6, 6.07) is 14.1. The van der Waals surface area contributed by atoms with Gasteiger partial charge in [0.1, 0.15) is 0 Å². The van der Waals surface area contributed by atoms with Crippen molar-refractivity contribution in [3.05, 3.63) is 71.8 Å². The highest BCUT2D eigenvalue weighted by Gasteiger charge is 2.33. The lowest BCUT2D eigenvalue weighted by molar-refractivity contribution is -0.121. The van der Waals surface area contributed by atoms with Crippen LogP contribution in [0, 0.1) is 0 Å². The van der Waals surface area contributed by atoms with Crippen LogP contribution in [0.5, 0.6) is 0 Å². The van der Waals surface area contributed by atoms with E-state index in [1.54, 1.807) is 62.4 Å². The van der Waals surface area contributed by atoms with Crippen LogP contribution in [0.3, 0.4) is 0 Å². The van der Waals surface area contributed by atoms with E-state index in [-0.39, 0.29) is 11.8 Å². The molecule has 0 atom stereocenters. The molecule has 4 amide bonds. The van der Waals surface area contributed by atoms with Gasteiger partial charge in [-0.05, 0) is 38.1 Å². The van der Waals surface area contributed by atoms with E-state index in [1.165, 1.54) is 23.9 Å². The Balaban J connectivity index is 1.73. The van der Waals surface area contributed by atoms with Crippen molar-refractivity contribution in [3.63, 3.8) is 0 Å². The fourth-order valence-electron chi connectivity index (χ4n) is 3.21. The van der Waals surface area contributed by atoms with Crippen LogP contribution in [0.2, 0.25) is 0 Å². The fraction of sp³-hybridized carbons (Fsp3) is 0.0909. The Morgan fingerprint density at radius 2 is 1.00 bits per heavy atom. The summed E-state index contributed by atoms with van der Waals surface area (Å²) < 4.78 is 0. The Morgan fingerprint density at radius 1 is 0.621 bits per heavy atom. The maximum Gasteiger partial charge on any atom is 0.261 e. The minimum atomic E-state index is -0.390. The van der Waals surface area contributed by atoms with Gasteiger partial charge in [-0.3, -0.25) is 19.2 Å². The van der Waals surface area contributed by atoms with Gasteiger partial charge in [0.15, 0.2) is 0 Å². The standard InChI is InChI=1S/C22H16N2O4S/c1-13-11-19(25)23(21(13)27)15-7-3-5-9-17(15)29-18-10-6-4-8-16(18)24-20(26)12-14(2)22(24)28/h3-12H,1-2H3. The summed E-state index contributed by atoms with van der Waals surface area (Å²) in [4.78, 5) is 53.1. The van der Waals surface area contributed by atoms with E-state index >= 15 is 0 Å². The molecule has 2 aromatic rings. The Labute approximate surface area is 171 Å². The molecule has 0 fully saturated rings. The maximum atomic E-state index is 12.4. The second kappa shape index (κ2) is 7.18. The molecule has 0 N–H and O–H groups in total. The molecular formula is C22H16N2O4S. The molecule has 4 rings (SSSR count). The Bertz CT molecular complexity index is 1060. The molecule has 7 heteroatoms. The lowest BCUT2D eigenvalue weighted by atomic mass is 10.2. The summed E-state index contributed by atoms with van der Waals surface area (Å²) in [6.07, 6.45) is 2.63. The van der Waals surface area contributed by atoms with Crippen molar-refractivity contribution in [2.45, 2.75) is 23.6 Å². The van der Waals surface area contributed by atoms with Crippen molar-refractivity contribution in [2.75, 3.05) is 9.80 Å². The zero-order chi connectivity index (χ0) is 20.7. The molecule has 144 valence electrons. The Kier molecular flexibility index (Phi) is 4.68. The monoisotopic (exact) mass is 404 g/mol. The molecular weight excluding hydrogens is 388 g/mol. The van der Waals surface area contributed by atoms with Crippen LogP contribution >= 0.6 is 11.8 Å². The van der Waals surface area contributed by atoms with Crippen molar-refractivity contribution in [3.8, 4) is 0 Å². The average Bonchev–Trinajstić information content (AvgIpc) is 3.10. The van der Waals surface area contributed by atoms with E-state index in [1.807, 2.05) is 0 Å². The molecule has 0 saturated heterocycles. The van der Waals surface area contributed by atoms with E-state index < -0.39 is 11.8 Å². The number of imide groups is 2. The first-order valence-electron chi connectivity index (χ1n) is 8.88. The second-order valence-corrected chi connectivity index (χ2v) is 7.73. The van der Waals surface area contributed by atoms with E-state index in [0.29, 0.717) is 32.3 Å². The number of para-hydroxylation sites is 2. The van der Waals surface area contributed by atoms with Crippen molar-refractivity contribution in [1.29, 1.82) is 0 Å². The number of hydrogen-bond acceptors (Lipinski definition) is 5. The first-order chi connectivity index (χ1) is 13.9. The van der Waals surface area contributed by atoms with Crippen LogP contribution in [0.15, 0.2) is 81.6 Å². The lowest BCUT2D eigenvalue weighted by Gasteiger charge is -2.21. The number of rotatable bonds is 4. The summed E-state index contributed by atoms with van der Waals surface area (Å²) in [5, 5.41) is 0. The first-order valence-corrected chi connectivity index (χ1v) is 9.69. The summed E-state index contributed by atoms with van der Waals surface area (Å²) in [7, 11) is 0. The third kappa shape index (κ3) is 3.19. The molecule has 0 radical (unpaired) electrons. The van der Waals surface area contributed by atoms with Gasteiger partial charge in [-0.15, -0.1) is 0 Å². The van der Waals surface area contributed by atoms with E-state index in [2.05, 4.69) is 0 Å². The van der Waals surface area contributed by atoms with Crippen LogP contribution in [-0.2, 0) is 19.2 Å². The van der Waals surface area contributed by atoms with Gasteiger partial charge in [0.05, 0.1) is 11.4 Å². The highest BCUT2D eigenvalue weighted by molar-refractivity contribution is 7.99. The summed E-state index contributed by atoms with van der Waals surface area (Å²) >= 11 is 1.29. The Morgan fingerprint density at radius 3 is 1.34 bits per heavy atom. The predicted octanol–water partition coefficient (Wildman–Crippen LogP) is 3.48. The molecule has 0 spiro atoms. The highest BCUT2D eigenvalue weighted by Crippen LogP contribution is 2.41. The van der Waals surface area contributed by atoms with Gasteiger partial charge >= 0.3 is 0 Å². The molecule has 29 heavy (non-hydrogen) atoms. The van der Waals surface area contributed by atoms with Gasteiger partial charge in [0.25, 0.3) is 23.6 Å². The first kappa shape index (κ1) is 18.9. The smallest absolute Gasteiger partial charge is 0.261 e. The van der Waals surface area contributed by atoms with Gasteiger partial charge in [-0.2, -0.15) is 0 Å². The molecule has 0 aliphatic carbocycles. The van der Waals surface area contributed by atoms with Gasteiger partial charge in [0, 0.05) is 33.1 Å². The molecule has 0 saturated carbocycles. The van der Waals surface area contributed by atoms with Crippen LogP contribution in [0.4, 0.5) is 11.4 Å². The van der Waals surface area contributed by atoms with Crippen molar-refractivity contribution in [2.24, 2.45) is 0 Å². The van der Waals surface area contributed by atoms with Gasteiger partial charge in [-0.25, -0.2) is 9.80 Å². The number of hydrogen-bond donors (Lipinski definition) is 0. The van der Waals surface area contributed by atoms with Crippen LogP contribution in [-0.4, -0.2) is 23.6 Å². The van der Waals surface area contributed by atoms with Crippen molar-refractivity contribution >= 4 is 46.8 Å². The van der Waals surface area contributed by atoms with Crippen LogP contribution < -0.4 is 9.80 Å². The number of carbonyl (C=O) groups is 4. The number of carbonyl (C=O) groups excluding carboxylic acids is 4. The predicted molar refractivity (Wildman–Crippen MR) is 110 cm³/mol.